The summed E-state index contributed by atoms with van der Waals surface area (Å²) >= 11 is 2.87. The van der Waals surface area contributed by atoms with E-state index in [4.69, 9.17) is 9.47 Å². The molecule has 0 fully saturated rings. The Morgan fingerprint density at radius 1 is 1.09 bits per heavy atom. The maximum Gasteiger partial charge on any atom is 0.230 e. The number of ether oxygens (including phenoxy) is 2. The molecule has 6 nitrogen and oxygen atoms in total. The highest BCUT2D eigenvalue weighted by molar-refractivity contribution is 8.00. The van der Waals surface area contributed by atoms with Crippen molar-refractivity contribution in [3.8, 4) is 22.6 Å². The van der Waals surface area contributed by atoms with Gasteiger partial charge in [0.1, 0.15) is 22.0 Å². The standard InChI is InChI=1S/C24H22FN3O3S2/c1-30-19-8-3-15(11-20(19)31-2)9-10-26-21(29)13-33-24-22-18(12-32-23(22)27-14-28-24)16-4-6-17(25)7-5-16/h3-8,11-12,14H,9-10,13H2,1-2H3,(H,26,29). The number of amides is 1. The minimum atomic E-state index is -0.283. The summed E-state index contributed by atoms with van der Waals surface area (Å²) < 4.78 is 23.9. The van der Waals surface area contributed by atoms with E-state index in [-0.39, 0.29) is 17.5 Å². The van der Waals surface area contributed by atoms with E-state index >= 15 is 0 Å². The molecule has 4 aromatic rings. The summed E-state index contributed by atoms with van der Waals surface area (Å²) in [5.74, 6) is 1.21. The molecule has 0 spiro atoms. The van der Waals surface area contributed by atoms with Crippen LogP contribution in [0.3, 0.4) is 0 Å². The fraction of sp³-hybridized carbons (Fsp3) is 0.208. The minimum Gasteiger partial charge on any atom is -0.493 e. The molecular weight excluding hydrogens is 461 g/mol. The average Bonchev–Trinajstić information content (AvgIpc) is 3.28. The molecule has 9 heteroatoms. The van der Waals surface area contributed by atoms with Crippen LogP contribution in [0.4, 0.5) is 4.39 Å². The van der Waals surface area contributed by atoms with Crippen LogP contribution in [0, 0.1) is 5.82 Å². The number of aromatic nitrogens is 2. The zero-order valence-electron chi connectivity index (χ0n) is 18.1. The third kappa shape index (κ3) is 5.43. The zero-order chi connectivity index (χ0) is 23.2. The van der Waals surface area contributed by atoms with E-state index in [9.17, 15) is 9.18 Å². The van der Waals surface area contributed by atoms with Gasteiger partial charge in [0.05, 0.1) is 25.4 Å². The lowest BCUT2D eigenvalue weighted by Gasteiger charge is -2.10. The van der Waals surface area contributed by atoms with Crippen molar-refractivity contribution >= 4 is 39.2 Å². The number of carbonyl (C=O) groups excluding carboxylic acids is 1. The molecule has 0 aliphatic carbocycles. The first kappa shape index (κ1) is 23.0. The Balaban J connectivity index is 1.38. The molecule has 0 aliphatic rings. The van der Waals surface area contributed by atoms with Gasteiger partial charge in [0.25, 0.3) is 0 Å². The smallest absolute Gasteiger partial charge is 0.230 e. The van der Waals surface area contributed by atoms with E-state index in [1.54, 1.807) is 26.4 Å². The van der Waals surface area contributed by atoms with Crippen LogP contribution in [0.15, 0.2) is 59.2 Å². The van der Waals surface area contributed by atoms with E-state index in [0.717, 1.165) is 31.9 Å². The fourth-order valence-electron chi connectivity index (χ4n) is 3.37. The number of thiophene rings is 1. The zero-order valence-corrected chi connectivity index (χ0v) is 19.8. The molecule has 1 amide bonds. The van der Waals surface area contributed by atoms with Crippen LogP contribution in [-0.4, -0.2) is 42.4 Å². The van der Waals surface area contributed by atoms with Crippen LogP contribution in [0.2, 0.25) is 0 Å². The number of thioether (sulfide) groups is 1. The van der Waals surface area contributed by atoms with Crippen molar-refractivity contribution < 1.29 is 18.7 Å². The van der Waals surface area contributed by atoms with Crippen LogP contribution < -0.4 is 14.8 Å². The van der Waals surface area contributed by atoms with Crippen LogP contribution in [-0.2, 0) is 11.2 Å². The quantitative estimate of drug-likeness (QED) is 0.268. The summed E-state index contributed by atoms with van der Waals surface area (Å²) in [7, 11) is 3.19. The summed E-state index contributed by atoms with van der Waals surface area (Å²) in [5, 5.41) is 6.55. The Hall–Kier alpha value is -3.17. The summed E-state index contributed by atoms with van der Waals surface area (Å²) in [4.78, 5) is 22.0. The van der Waals surface area contributed by atoms with E-state index in [0.29, 0.717) is 24.5 Å². The molecular formula is C24H22FN3O3S2. The highest BCUT2D eigenvalue weighted by Gasteiger charge is 2.15. The van der Waals surface area contributed by atoms with Gasteiger partial charge >= 0.3 is 0 Å². The molecule has 1 N–H and O–H groups in total. The predicted octanol–water partition coefficient (Wildman–Crippen LogP) is 4.97. The Kier molecular flexibility index (Phi) is 7.41. The van der Waals surface area contributed by atoms with Gasteiger partial charge in [0, 0.05) is 17.5 Å². The number of halogens is 1. The lowest BCUT2D eigenvalue weighted by atomic mass is 10.1. The van der Waals surface area contributed by atoms with Crippen molar-refractivity contribution in [3.05, 3.63) is 65.6 Å². The van der Waals surface area contributed by atoms with Gasteiger partial charge in [0.15, 0.2) is 11.5 Å². The second kappa shape index (κ2) is 10.6. The second-order valence-electron chi connectivity index (χ2n) is 7.09. The molecule has 0 saturated heterocycles. The molecule has 2 aromatic carbocycles. The number of carbonyl (C=O) groups is 1. The van der Waals surface area contributed by atoms with Gasteiger partial charge in [-0.2, -0.15) is 0 Å². The number of benzene rings is 2. The topological polar surface area (TPSA) is 73.3 Å². The molecule has 0 radical (unpaired) electrons. The summed E-state index contributed by atoms with van der Waals surface area (Å²) in [6.07, 6.45) is 2.18. The number of rotatable bonds is 9. The van der Waals surface area contributed by atoms with Crippen molar-refractivity contribution in [2.24, 2.45) is 0 Å². The molecule has 0 saturated carbocycles. The molecule has 2 aromatic heterocycles. The van der Waals surface area contributed by atoms with Crippen LogP contribution in [0.5, 0.6) is 11.5 Å². The van der Waals surface area contributed by atoms with Gasteiger partial charge in [-0.1, -0.05) is 30.0 Å². The normalized spacial score (nSPS) is 10.9. The SMILES string of the molecule is COc1ccc(CCNC(=O)CSc2ncnc3scc(-c4ccc(F)cc4)c23)cc1OC. The largest absolute Gasteiger partial charge is 0.493 e. The number of nitrogens with zero attached hydrogens (tertiary/aromatic N) is 2. The number of nitrogens with one attached hydrogen (secondary N) is 1. The van der Waals surface area contributed by atoms with Crippen LogP contribution in [0.25, 0.3) is 21.3 Å². The van der Waals surface area contributed by atoms with E-state index in [1.807, 2.05) is 23.6 Å². The molecule has 0 atom stereocenters. The number of hydrogen-bond acceptors (Lipinski definition) is 7. The molecule has 4 rings (SSSR count). The van der Waals surface area contributed by atoms with Gasteiger partial charge in [-0.15, -0.1) is 11.3 Å². The van der Waals surface area contributed by atoms with Gasteiger partial charge in [-0.25, -0.2) is 14.4 Å². The van der Waals surface area contributed by atoms with E-state index < -0.39 is 0 Å². The minimum absolute atomic E-state index is 0.0780. The maximum absolute atomic E-state index is 13.3. The van der Waals surface area contributed by atoms with Crippen molar-refractivity contribution in [1.82, 2.24) is 15.3 Å². The highest BCUT2D eigenvalue weighted by Crippen LogP contribution is 2.37. The Labute approximate surface area is 199 Å². The predicted molar refractivity (Wildman–Crippen MR) is 130 cm³/mol. The maximum atomic E-state index is 13.3. The summed E-state index contributed by atoms with van der Waals surface area (Å²) in [6.45, 7) is 0.507. The number of hydrogen-bond donors (Lipinski definition) is 1. The summed E-state index contributed by atoms with van der Waals surface area (Å²) in [5.41, 5.74) is 2.87. The molecule has 33 heavy (non-hydrogen) atoms. The summed E-state index contributed by atoms with van der Waals surface area (Å²) in [6, 6.07) is 12.0. The molecule has 0 aliphatic heterocycles. The monoisotopic (exact) mass is 483 g/mol. The first-order chi connectivity index (χ1) is 16.1. The van der Waals surface area contributed by atoms with Crippen LogP contribution >= 0.6 is 23.1 Å². The molecule has 0 unspecified atom stereocenters. The van der Waals surface area contributed by atoms with Crippen molar-refractivity contribution in [3.63, 3.8) is 0 Å². The van der Waals surface area contributed by atoms with Crippen molar-refractivity contribution in [2.75, 3.05) is 26.5 Å². The molecule has 2 heterocycles. The second-order valence-corrected chi connectivity index (χ2v) is 8.92. The van der Waals surface area contributed by atoms with Gasteiger partial charge in [0.2, 0.25) is 5.91 Å². The Morgan fingerprint density at radius 3 is 2.64 bits per heavy atom. The Morgan fingerprint density at radius 2 is 1.88 bits per heavy atom. The molecule has 170 valence electrons. The first-order valence-electron chi connectivity index (χ1n) is 10.2. The Bertz CT molecular complexity index is 1260. The van der Waals surface area contributed by atoms with Crippen molar-refractivity contribution in [1.29, 1.82) is 0 Å². The third-order valence-corrected chi connectivity index (χ3v) is 6.89. The lowest BCUT2D eigenvalue weighted by molar-refractivity contribution is -0.118. The van der Waals surface area contributed by atoms with E-state index in [1.165, 1.54) is 41.6 Å². The first-order valence-corrected chi connectivity index (χ1v) is 12.0. The van der Waals surface area contributed by atoms with Crippen LogP contribution in [0.1, 0.15) is 5.56 Å². The fourth-order valence-corrected chi connectivity index (χ4v) is 5.19. The number of fused-ring (bicyclic) bond motifs is 1. The lowest BCUT2D eigenvalue weighted by Crippen LogP contribution is -2.27. The van der Waals surface area contributed by atoms with Crippen molar-refractivity contribution in [2.45, 2.75) is 11.4 Å². The van der Waals surface area contributed by atoms with Gasteiger partial charge in [-0.05, 0) is 41.8 Å². The van der Waals surface area contributed by atoms with Gasteiger partial charge < -0.3 is 14.8 Å². The number of methoxy groups -OCH3 is 2. The molecule has 0 bridgehead atoms. The van der Waals surface area contributed by atoms with Gasteiger partial charge in [-0.3, -0.25) is 4.79 Å². The average molecular weight is 484 g/mol. The third-order valence-electron chi connectivity index (χ3n) is 5.01. The van der Waals surface area contributed by atoms with E-state index in [2.05, 4.69) is 15.3 Å². The highest BCUT2D eigenvalue weighted by atomic mass is 32.2.